The lowest BCUT2D eigenvalue weighted by Crippen LogP contribution is -2.38. The number of aryl methyl sites for hydroxylation is 1. The van der Waals surface area contributed by atoms with Crippen LogP contribution in [-0.4, -0.2) is 22.6 Å². The van der Waals surface area contributed by atoms with Crippen molar-refractivity contribution in [3.63, 3.8) is 0 Å². The molecule has 0 amide bonds. The van der Waals surface area contributed by atoms with E-state index in [1.807, 2.05) is 17.4 Å². The number of piperidine rings is 1. The summed E-state index contributed by atoms with van der Waals surface area (Å²) < 4.78 is 0. The molecule has 0 bridgehead atoms. The zero-order valence-corrected chi connectivity index (χ0v) is 15.1. The second kappa shape index (κ2) is 6.52. The van der Waals surface area contributed by atoms with Crippen molar-refractivity contribution in [3.05, 3.63) is 41.3 Å². The number of benzene rings is 1. The van der Waals surface area contributed by atoms with Gasteiger partial charge in [0.2, 0.25) is 0 Å². The molecule has 24 heavy (non-hydrogen) atoms. The van der Waals surface area contributed by atoms with Crippen molar-refractivity contribution < 1.29 is 0 Å². The molecule has 0 saturated carbocycles. The Morgan fingerprint density at radius 3 is 2.75 bits per heavy atom. The highest BCUT2D eigenvalue weighted by atomic mass is 32.1. The molecule has 1 atom stereocenters. The Labute approximate surface area is 147 Å². The Kier molecular flexibility index (Phi) is 4.23. The predicted molar refractivity (Wildman–Crippen MR) is 103 cm³/mol. The monoisotopic (exact) mass is 337 g/mol. The first-order valence-electron chi connectivity index (χ1n) is 8.89. The van der Waals surface area contributed by atoms with E-state index in [0.29, 0.717) is 6.04 Å². The second-order valence-electron chi connectivity index (χ2n) is 6.56. The van der Waals surface area contributed by atoms with E-state index in [2.05, 4.69) is 49.1 Å². The van der Waals surface area contributed by atoms with Gasteiger partial charge in [-0.25, -0.2) is 9.97 Å². The van der Waals surface area contributed by atoms with Crippen LogP contribution in [-0.2, 0) is 6.42 Å². The number of nitrogens with zero attached hydrogens (tertiary/aromatic N) is 3. The lowest BCUT2D eigenvalue weighted by Gasteiger charge is -2.34. The smallest absolute Gasteiger partial charge is 0.163 e. The summed E-state index contributed by atoms with van der Waals surface area (Å²) in [4.78, 5) is 14.9. The molecule has 1 saturated heterocycles. The van der Waals surface area contributed by atoms with E-state index in [-0.39, 0.29) is 0 Å². The summed E-state index contributed by atoms with van der Waals surface area (Å²) in [7, 11) is 0. The molecular formula is C20H23N3S. The van der Waals surface area contributed by atoms with E-state index < -0.39 is 0 Å². The molecule has 1 aliphatic rings. The van der Waals surface area contributed by atoms with Crippen LogP contribution in [0.5, 0.6) is 0 Å². The average molecular weight is 337 g/mol. The molecule has 3 nitrogen and oxygen atoms in total. The van der Waals surface area contributed by atoms with Gasteiger partial charge in [0.05, 0.1) is 5.39 Å². The zero-order chi connectivity index (χ0) is 16.5. The molecule has 1 unspecified atom stereocenters. The van der Waals surface area contributed by atoms with Crippen LogP contribution in [0.1, 0.15) is 38.0 Å². The summed E-state index contributed by atoms with van der Waals surface area (Å²) in [6, 6.07) is 13.2. The second-order valence-corrected chi connectivity index (χ2v) is 7.68. The average Bonchev–Trinajstić information content (AvgIpc) is 3.05. The first kappa shape index (κ1) is 15.6. The van der Waals surface area contributed by atoms with E-state index in [4.69, 9.17) is 9.97 Å². The molecule has 2 aromatic heterocycles. The molecule has 4 heteroatoms. The maximum Gasteiger partial charge on any atom is 0.163 e. The summed E-state index contributed by atoms with van der Waals surface area (Å²) in [5.74, 6) is 1.97. The largest absolute Gasteiger partial charge is 0.353 e. The Hall–Kier alpha value is -1.94. The maximum absolute atomic E-state index is 5.01. The summed E-state index contributed by atoms with van der Waals surface area (Å²) in [5, 5.41) is 1.23. The third-order valence-corrected chi connectivity index (χ3v) is 6.05. The van der Waals surface area contributed by atoms with Crippen molar-refractivity contribution in [1.82, 2.24) is 9.97 Å². The number of thiophene rings is 1. The molecule has 0 N–H and O–H groups in total. The van der Waals surface area contributed by atoms with Gasteiger partial charge in [-0.1, -0.05) is 37.3 Å². The number of fused-ring (bicyclic) bond motifs is 1. The summed E-state index contributed by atoms with van der Waals surface area (Å²) in [6.45, 7) is 5.63. The quantitative estimate of drug-likeness (QED) is 0.649. The molecule has 1 aliphatic heterocycles. The molecule has 4 rings (SSSR count). The summed E-state index contributed by atoms with van der Waals surface area (Å²) in [5.41, 5.74) is 1.09. The fourth-order valence-corrected chi connectivity index (χ4v) is 4.44. The number of rotatable bonds is 3. The van der Waals surface area contributed by atoms with Crippen LogP contribution in [0.4, 0.5) is 5.82 Å². The lowest BCUT2D eigenvalue weighted by atomic mass is 10.0. The molecule has 124 valence electrons. The van der Waals surface area contributed by atoms with E-state index in [9.17, 15) is 0 Å². The van der Waals surface area contributed by atoms with Gasteiger partial charge in [0, 0.05) is 23.0 Å². The van der Waals surface area contributed by atoms with Crippen LogP contribution < -0.4 is 4.90 Å². The molecule has 3 heterocycles. The highest BCUT2D eigenvalue weighted by Gasteiger charge is 2.23. The van der Waals surface area contributed by atoms with Crippen molar-refractivity contribution in [2.75, 3.05) is 11.4 Å². The van der Waals surface area contributed by atoms with Crippen LogP contribution in [0.25, 0.3) is 21.6 Å². The maximum atomic E-state index is 5.01. The van der Waals surface area contributed by atoms with Crippen molar-refractivity contribution in [2.45, 2.75) is 45.6 Å². The van der Waals surface area contributed by atoms with Crippen LogP contribution >= 0.6 is 11.3 Å². The van der Waals surface area contributed by atoms with Gasteiger partial charge in [-0.2, -0.15) is 0 Å². The van der Waals surface area contributed by atoms with E-state index in [0.717, 1.165) is 35.0 Å². The molecular weight excluding hydrogens is 314 g/mol. The van der Waals surface area contributed by atoms with Gasteiger partial charge in [0.25, 0.3) is 0 Å². The topological polar surface area (TPSA) is 29.0 Å². The lowest BCUT2D eigenvalue weighted by molar-refractivity contribution is 0.482. The number of hydrogen-bond donors (Lipinski definition) is 0. The summed E-state index contributed by atoms with van der Waals surface area (Å²) >= 11 is 1.81. The van der Waals surface area contributed by atoms with Gasteiger partial charge < -0.3 is 4.90 Å². The van der Waals surface area contributed by atoms with Gasteiger partial charge in [-0.15, -0.1) is 11.3 Å². The zero-order valence-electron chi connectivity index (χ0n) is 14.3. The Morgan fingerprint density at radius 2 is 2.00 bits per heavy atom. The fourth-order valence-electron chi connectivity index (χ4n) is 3.48. The Morgan fingerprint density at radius 1 is 1.17 bits per heavy atom. The standard InChI is InChI=1S/C20H23N3S/c1-3-16-13-17-19(23-12-8-7-9-14(23)2)21-18(22-20(17)24-16)15-10-5-4-6-11-15/h4-6,10-11,13-14H,3,7-9,12H2,1-2H3. The van der Waals surface area contributed by atoms with Crippen molar-refractivity contribution >= 4 is 27.4 Å². The minimum atomic E-state index is 0.547. The molecule has 0 radical (unpaired) electrons. The van der Waals surface area contributed by atoms with Crippen LogP contribution in [0.2, 0.25) is 0 Å². The molecule has 1 aromatic carbocycles. The van der Waals surface area contributed by atoms with Gasteiger partial charge in [0.1, 0.15) is 10.6 Å². The first-order chi connectivity index (χ1) is 11.8. The van der Waals surface area contributed by atoms with E-state index in [1.165, 1.54) is 29.5 Å². The van der Waals surface area contributed by atoms with Crippen LogP contribution in [0.3, 0.4) is 0 Å². The minimum absolute atomic E-state index is 0.547. The third-order valence-electron chi connectivity index (χ3n) is 4.88. The normalized spacial score (nSPS) is 18.2. The van der Waals surface area contributed by atoms with E-state index in [1.54, 1.807) is 0 Å². The summed E-state index contributed by atoms with van der Waals surface area (Å²) in [6.07, 6.45) is 4.87. The highest BCUT2D eigenvalue weighted by molar-refractivity contribution is 7.18. The number of aromatic nitrogens is 2. The molecule has 0 spiro atoms. The van der Waals surface area contributed by atoms with Gasteiger partial charge >= 0.3 is 0 Å². The van der Waals surface area contributed by atoms with Gasteiger partial charge in [-0.3, -0.25) is 0 Å². The van der Waals surface area contributed by atoms with Crippen molar-refractivity contribution in [3.8, 4) is 11.4 Å². The van der Waals surface area contributed by atoms with Crippen LogP contribution in [0, 0.1) is 0 Å². The Bertz CT molecular complexity index is 841. The number of anilines is 1. The molecule has 3 aromatic rings. The molecule has 1 fully saturated rings. The number of hydrogen-bond acceptors (Lipinski definition) is 4. The SMILES string of the molecule is CCc1cc2c(N3CCCCC3C)nc(-c3ccccc3)nc2s1. The van der Waals surface area contributed by atoms with Crippen molar-refractivity contribution in [2.24, 2.45) is 0 Å². The fraction of sp³-hybridized carbons (Fsp3) is 0.400. The van der Waals surface area contributed by atoms with Gasteiger partial charge in [0.15, 0.2) is 5.82 Å². The van der Waals surface area contributed by atoms with Crippen LogP contribution in [0.15, 0.2) is 36.4 Å². The highest BCUT2D eigenvalue weighted by Crippen LogP contribution is 2.35. The third kappa shape index (κ3) is 2.80. The predicted octanol–water partition coefficient (Wildman–Crippen LogP) is 5.30. The van der Waals surface area contributed by atoms with Crippen molar-refractivity contribution in [1.29, 1.82) is 0 Å². The van der Waals surface area contributed by atoms with E-state index >= 15 is 0 Å². The molecule has 0 aliphatic carbocycles. The Balaban J connectivity index is 1.90. The van der Waals surface area contributed by atoms with Gasteiger partial charge in [-0.05, 0) is 38.7 Å². The first-order valence-corrected chi connectivity index (χ1v) is 9.70. The minimum Gasteiger partial charge on any atom is -0.353 e.